The standard InChI is InChI=1S/C32H30N2O4S/c1-23-7-3-12-27(17-23)28-14-15-30(38-2)31(20-28)39(36,37)22-26-10-4-8-24(18-26)11-6-16-34-32(35)29-13-5-9-25(19-29)21-33/h3-5,7-10,12-15,17-20H,6,11,16,22H2,1-2H3,(H,34,35). The highest BCUT2D eigenvalue weighted by molar-refractivity contribution is 7.90. The molecule has 6 nitrogen and oxygen atoms in total. The summed E-state index contributed by atoms with van der Waals surface area (Å²) < 4.78 is 32.4. The summed E-state index contributed by atoms with van der Waals surface area (Å²) >= 11 is 0. The normalized spacial score (nSPS) is 11.0. The molecule has 1 amide bonds. The summed E-state index contributed by atoms with van der Waals surface area (Å²) in [5.41, 5.74) is 5.42. The molecule has 0 fully saturated rings. The summed E-state index contributed by atoms with van der Waals surface area (Å²) in [6.45, 7) is 2.46. The average molecular weight is 539 g/mol. The van der Waals surface area contributed by atoms with E-state index in [0.717, 1.165) is 22.3 Å². The molecule has 0 radical (unpaired) electrons. The third-order valence-corrected chi connectivity index (χ3v) is 8.08. The minimum absolute atomic E-state index is 0.152. The van der Waals surface area contributed by atoms with E-state index in [2.05, 4.69) is 5.32 Å². The van der Waals surface area contributed by atoms with Gasteiger partial charge in [-0.3, -0.25) is 4.79 Å². The fraction of sp³-hybridized carbons (Fsp3) is 0.188. The van der Waals surface area contributed by atoms with Gasteiger partial charge in [-0.05, 0) is 72.4 Å². The number of ether oxygens (including phenoxy) is 1. The number of hydrogen-bond donors (Lipinski definition) is 1. The van der Waals surface area contributed by atoms with Gasteiger partial charge in [-0.1, -0.05) is 66.2 Å². The lowest BCUT2D eigenvalue weighted by atomic mass is 10.0. The fourth-order valence-electron chi connectivity index (χ4n) is 4.42. The number of sulfone groups is 1. The molecule has 7 heteroatoms. The number of nitrogens with zero attached hydrogens (tertiary/aromatic N) is 1. The van der Waals surface area contributed by atoms with Crippen LogP contribution in [0.4, 0.5) is 0 Å². The maximum absolute atomic E-state index is 13.5. The van der Waals surface area contributed by atoms with Gasteiger partial charge in [0.1, 0.15) is 10.6 Å². The van der Waals surface area contributed by atoms with E-state index in [-0.39, 0.29) is 16.6 Å². The zero-order chi connectivity index (χ0) is 27.8. The third kappa shape index (κ3) is 7.13. The highest BCUT2D eigenvalue weighted by Crippen LogP contribution is 2.32. The zero-order valence-electron chi connectivity index (χ0n) is 22.0. The van der Waals surface area contributed by atoms with E-state index in [4.69, 9.17) is 10.00 Å². The van der Waals surface area contributed by atoms with Crippen LogP contribution in [0.2, 0.25) is 0 Å². The number of rotatable bonds is 10. The molecular weight excluding hydrogens is 508 g/mol. The lowest BCUT2D eigenvalue weighted by molar-refractivity contribution is 0.0953. The second-order valence-electron chi connectivity index (χ2n) is 9.37. The van der Waals surface area contributed by atoms with Crippen molar-refractivity contribution >= 4 is 15.7 Å². The molecule has 198 valence electrons. The van der Waals surface area contributed by atoms with E-state index in [9.17, 15) is 13.2 Å². The highest BCUT2D eigenvalue weighted by atomic mass is 32.2. The van der Waals surface area contributed by atoms with E-state index < -0.39 is 9.84 Å². The molecule has 0 aliphatic heterocycles. The Hall–Kier alpha value is -4.41. The summed E-state index contributed by atoms with van der Waals surface area (Å²) in [4.78, 5) is 12.5. The zero-order valence-corrected chi connectivity index (χ0v) is 22.8. The fourth-order valence-corrected chi connectivity index (χ4v) is 5.96. The Bertz CT molecular complexity index is 1640. The van der Waals surface area contributed by atoms with Crippen LogP contribution in [0.3, 0.4) is 0 Å². The van der Waals surface area contributed by atoms with Gasteiger partial charge in [-0.2, -0.15) is 5.26 Å². The number of nitrogens with one attached hydrogen (secondary N) is 1. The van der Waals surface area contributed by atoms with Crippen molar-refractivity contribution in [1.82, 2.24) is 5.32 Å². The summed E-state index contributed by atoms with van der Waals surface area (Å²) in [5.74, 6) is -0.0622. The topological polar surface area (TPSA) is 96.3 Å². The number of nitriles is 1. The Morgan fingerprint density at radius 2 is 1.64 bits per heavy atom. The summed E-state index contributed by atoms with van der Waals surface area (Å²) in [6, 6.07) is 29.3. The molecule has 0 unspecified atom stereocenters. The minimum atomic E-state index is -3.69. The quantitative estimate of drug-likeness (QED) is 0.255. The molecule has 4 rings (SSSR count). The first-order valence-corrected chi connectivity index (χ1v) is 14.3. The molecule has 4 aromatic rings. The summed E-state index contributed by atoms with van der Waals surface area (Å²) in [5, 5.41) is 11.9. The lowest BCUT2D eigenvalue weighted by Gasteiger charge is -2.13. The predicted molar refractivity (Wildman–Crippen MR) is 152 cm³/mol. The monoisotopic (exact) mass is 538 g/mol. The lowest BCUT2D eigenvalue weighted by Crippen LogP contribution is -2.24. The number of carbonyl (C=O) groups is 1. The molecule has 0 atom stereocenters. The Kier molecular flexibility index (Phi) is 8.80. The molecule has 4 aromatic carbocycles. The SMILES string of the molecule is COc1ccc(-c2cccc(C)c2)cc1S(=O)(=O)Cc1cccc(CCCNC(=O)c2cccc(C#N)c2)c1. The molecule has 39 heavy (non-hydrogen) atoms. The number of carbonyl (C=O) groups excluding carboxylic acids is 1. The number of aryl methyl sites for hydroxylation is 2. The number of amides is 1. The van der Waals surface area contributed by atoms with Gasteiger partial charge in [-0.15, -0.1) is 0 Å². The van der Waals surface area contributed by atoms with E-state index in [1.807, 2.05) is 67.6 Å². The van der Waals surface area contributed by atoms with Gasteiger partial charge in [0.2, 0.25) is 0 Å². The Morgan fingerprint density at radius 3 is 2.41 bits per heavy atom. The minimum Gasteiger partial charge on any atom is -0.495 e. The van der Waals surface area contributed by atoms with Crippen LogP contribution in [-0.2, 0) is 22.0 Å². The van der Waals surface area contributed by atoms with Gasteiger partial charge in [-0.25, -0.2) is 8.42 Å². The van der Waals surface area contributed by atoms with Crippen LogP contribution in [0, 0.1) is 18.3 Å². The molecule has 0 aromatic heterocycles. The summed E-state index contributed by atoms with van der Waals surface area (Å²) in [7, 11) is -2.22. The number of methoxy groups -OCH3 is 1. The molecule has 0 saturated carbocycles. The van der Waals surface area contributed by atoms with Crippen molar-refractivity contribution < 1.29 is 17.9 Å². The first kappa shape index (κ1) is 27.6. The van der Waals surface area contributed by atoms with Gasteiger partial charge in [0.05, 0.1) is 24.5 Å². The average Bonchev–Trinajstić information content (AvgIpc) is 2.95. The van der Waals surface area contributed by atoms with Crippen LogP contribution in [0.5, 0.6) is 5.75 Å². The van der Waals surface area contributed by atoms with E-state index in [1.165, 1.54) is 7.11 Å². The van der Waals surface area contributed by atoms with Gasteiger partial charge >= 0.3 is 0 Å². The molecule has 0 saturated heterocycles. The second kappa shape index (κ2) is 12.4. The molecule has 0 aliphatic rings. The maximum atomic E-state index is 13.5. The van der Waals surface area contributed by atoms with Crippen LogP contribution < -0.4 is 10.1 Å². The highest BCUT2D eigenvalue weighted by Gasteiger charge is 2.21. The maximum Gasteiger partial charge on any atom is 0.251 e. The largest absolute Gasteiger partial charge is 0.495 e. The predicted octanol–water partition coefficient (Wildman–Crippen LogP) is 5.88. The van der Waals surface area contributed by atoms with E-state index in [0.29, 0.717) is 41.8 Å². The van der Waals surface area contributed by atoms with E-state index in [1.54, 1.807) is 36.4 Å². The van der Waals surface area contributed by atoms with Crippen LogP contribution >= 0.6 is 0 Å². The molecule has 0 aliphatic carbocycles. The molecular formula is C32H30N2O4S. The van der Waals surface area contributed by atoms with Crippen molar-refractivity contribution in [1.29, 1.82) is 5.26 Å². The summed E-state index contributed by atoms with van der Waals surface area (Å²) in [6.07, 6.45) is 1.37. The third-order valence-electron chi connectivity index (χ3n) is 6.38. The van der Waals surface area contributed by atoms with Crippen molar-refractivity contribution in [3.8, 4) is 22.9 Å². The van der Waals surface area contributed by atoms with E-state index >= 15 is 0 Å². The first-order chi connectivity index (χ1) is 18.8. The molecule has 0 spiro atoms. The van der Waals surface area contributed by atoms with Crippen LogP contribution in [0.15, 0.2) is 95.9 Å². The molecule has 0 heterocycles. The number of hydrogen-bond acceptors (Lipinski definition) is 5. The van der Waals surface area contributed by atoms with Crippen LogP contribution in [0.1, 0.15) is 39.0 Å². The Labute approximate surface area is 229 Å². The number of benzene rings is 4. The van der Waals surface area contributed by atoms with Crippen molar-refractivity contribution in [3.63, 3.8) is 0 Å². The Morgan fingerprint density at radius 1 is 0.897 bits per heavy atom. The van der Waals surface area contributed by atoms with Crippen molar-refractivity contribution in [2.45, 2.75) is 30.4 Å². The smallest absolute Gasteiger partial charge is 0.251 e. The Balaban J connectivity index is 1.42. The van der Waals surface area contributed by atoms with Crippen molar-refractivity contribution in [2.24, 2.45) is 0 Å². The van der Waals surface area contributed by atoms with Gasteiger partial charge < -0.3 is 10.1 Å². The molecule has 1 N–H and O–H groups in total. The van der Waals surface area contributed by atoms with Crippen molar-refractivity contribution in [3.05, 3.63) is 119 Å². The van der Waals surface area contributed by atoms with Gasteiger partial charge in [0, 0.05) is 12.1 Å². The molecule has 0 bridgehead atoms. The van der Waals surface area contributed by atoms with Crippen LogP contribution in [0.25, 0.3) is 11.1 Å². The van der Waals surface area contributed by atoms with Crippen LogP contribution in [-0.4, -0.2) is 28.0 Å². The first-order valence-electron chi connectivity index (χ1n) is 12.6. The van der Waals surface area contributed by atoms with Gasteiger partial charge in [0.25, 0.3) is 5.91 Å². The second-order valence-corrected chi connectivity index (χ2v) is 11.3. The van der Waals surface area contributed by atoms with Crippen molar-refractivity contribution in [2.75, 3.05) is 13.7 Å². The van der Waals surface area contributed by atoms with Gasteiger partial charge in [0.15, 0.2) is 9.84 Å².